The van der Waals surface area contributed by atoms with Crippen LogP contribution in [0.3, 0.4) is 0 Å². The van der Waals surface area contributed by atoms with Crippen molar-refractivity contribution >= 4 is 11.6 Å². The van der Waals surface area contributed by atoms with Crippen molar-refractivity contribution in [2.75, 3.05) is 34.3 Å². The van der Waals surface area contributed by atoms with Crippen molar-refractivity contribution in [3.63, 3.8) is 0 Å². The number of hydrogen-bond acceptors (Lipinski definition) is 3. The second-order valence-electron chi connectivity index (χ2n) is 3.93. The summed E-state index contributed by atoms with van der Waals surface area (Å²) in [6.07, 6.45) is 0. The van der Waals surface area contributed by atoms with E-state index in [-0.39, 0.29) is 0 Å². The second kappa shape index (κ2) is 6.74. The molecule has 0 aliphatic carbocycles. The first-order valence-corrected chi connectivity index (χ1v) is 5.72. The van der Waals surface area contributed by atoms with Crippen LogP contribution in [0.25, 0.3) is 0 Å². The van der Waals surface area contributed by atoms with Crippen LogP contribution in [0.2, 0.25) is 5.02 Å². The molecule has 0 aromatic heterocycles. The molecular formula is C12H19ClN2O. The lowest BCUT2D eigenvalue weighted by Crippen LogP contribution is -2.20. The molecule has 4 heteroatoms. The van der Waals surface area contributed by atoms with Gasteiger partial charge in [-0.2, -0.15) is 0 Å². The monoisotopic (exact) mass is 242 g/mol. The molecule has 0 atom stereocenters. The third kappa shape index (κ3) is 4.39. The van der Waals surface area contributed by atoms with E-state index in [1.165, 1.54) is 0 Å². The van der Waals surface area contributed by atoms with Crippen LogP contribution >= 0.6 is 11.6 Å². The fourth-order valence-electron chi connectivity index (χ4n) is 1.36. The first kappa shape index (κ1) is 13.3. The van der Waals surface area contributed by atoms with E-state index in [1.54, 1.807) is 0 Å². The largest absolute Gasteiger partial charge is 0.492 e. The summed E-state index contributed by atoms with van der Waals surface area (Å²) in [4.78, 5) is 2.09. The van der Waals surface area contributed by atoms with E-state index in [0.717, 1.165) is 29.4 Å². The maximum atomic E-state index is 5.95. The van der Waals surface area contributed by atoms with E-state index >= 15 is 0 Å². The van der Waals surface area contributed by atoms with Gasteiger partial charge in [0.25, 0.3) is 0 Å². The smallest absolute Gasteiger partial charge is 0.123 e. The lowest BCUT2D eigenvalue weighted by atomic mass is 10.2. The molecule has 3 nitrogen and oxygen atoms in total. The molecule has 0 amide bonds. The first-order chi connectivity index (χ1) is 7.63. The highest BCUT2D eigenvalue weighted by atomic mass is 35.5. The predicted molar refractivity (Wildman–Crippen MR) is 68.3 cm³/mol. The number of nitrogens with one attached hydrogen (secondary N) is 1. The summed E-state index contributed by atoms with van der Waals surface area (Å²) in [5, 5.41) is 3.84. The van der Waals surface area contributed by atoms with Gasteiger partial charge in [-0.25, -0.2) is 0 Å². The Balaban J connectivity index is 2.63. The average molecular weight is 243 g/mol. The van der Waals surface area contributed by atoms with Crippen LogP contribution in [0.15, 0.2) is 18.2 Å². The summed E-state index contributed by atoms with van der Waals surface area (Å²) in [5.41, 5.74) is 1.09. The maximum Gasteiger partial charge on any atom is 0.123 e. The first-order valence-electron chi connectivity index (χ1n) is 5.34. The fraction of sp³-hybridized carbons (Fsp3) is 0.500. The summed E-state index contributed by atoms with van der Waals surface area (Å²) < 4.78 is 5.72. The maximum absolute atomic E-state index is 5.95. The SMILES string of the molecule is CNCc1cc(Cl)ccc1OCCN(C)C. The Morgan fingerprint density at radius 1 is 1.38 bits per heavy atom. The lowest BCUT2D eigenvalue weighted by molar-refractivity contribution is 0.259. The quantitative estimate of drug-likeness (QED) is 0.826. The van der Waals surface area contributed by atoms with Gasteiger partial charge in [0.1, 0.15) is 12.4 Å². The molecule has 0 radical (unpaired) electrons. The summed E-state index contributed by atoms with van der Waals surface area (Å²) in [6, 6.07) is 5.71. The number of likely N-dealkylation sites (N-methyl/N-ethyl adjacent to an activating group) is 1. The summed E-state index contributed by atoms with van der Waals surface area (Å²) in [6.45, 7) is 2.35. The van der Waals surface area contributed by atoms with Crippen molar-refractivity contribution in [1.29, 1.82) is 0 Å². The van der Waals surface area contributed by atoms with Crippen molar-refractivity contribution in [2.24, 2.45) is 0 Å². The van der Waals surface area contributed by atoms with Crippen molar-refractivity contribution < 1.29 is 4.74 Å². The van der Waals surface area contributed by atoms with Gasteiger partial charge in [-0.15, -0.1) is 0 Å². The van der Waals surface area contributed by atoms with Crippen molar-refractivity contribution in [1.82, 2.24) is 10.2 Å². The van der Waals surface area contributed by atoms with Crippen LogP contribution in [-0.4, -0.2) is 39.2 Å². The zero-order valence-corrected chi connectivity index (χ0v) is 10.8. The van der Waals surface area contributed by atoms with E-state index in [1.807, 2.05) is 39.3 Å². The van der Waals surface area contributed by atoms with Crippen molar-refractivity contribution in [3.05, 3.63) is 28.8 Å². The molecule has 1 aromatic carbocycles. The third-order valence-corrected chi connectivity index (χ3v) is 2.42. The van der Waals surface area contributed by atoms with E-state index in [9.17, 15) is 0 Å². The molecule has 0 saturated heterocycles. The average Bonchev–Trinajstić information content (AvgIpc) is 2.21. The highest BCUT2D eigenvalue weighted by molar-refractivity contribution is 6.30. The fourth-order valence-corrected chi connectivity index (χ4v) is 1.55. The molecule has 1 N–H and O–H groups in total. The molecule has 0 heterocycles. The van der Waals surface area contributed by atoms with Gasteiger partial charge in [0.15, 0.2) is 0 Å². The van der Waals surface area contributed by atoms with Crippen LogP contribution < -0.4 is 10.1 Å². The molecule has 1 aromatic rings. The highest BCUT2D eigenvalue weighted by Gasteiger charge is 2.04. The molecule has 90 valence electrons. The minimum Gasteiger partial charge on any atom is -0.492 e. The zero-order valence-electron chi connectivity index (χ0n) is 10.1. The number of hydrogen-bond donors (Lipinski definition) is 1. The van der Waals surface area contributed by atoms with Gasteiger partial charge >= 0.3 is 0 Å². The molecule has 0 aliphatic heterocycles. The van der Waals surface area contributed by atoms with Crippen LogP contribution in [0, 0.1) is 0 Å². The molecule has 0 saturated carbocycles. The number of nitrogens with zero attached hydrogens (tertiary/aromatic N) is 1. The Morgan fingerprint density at radius 3 is 2.75 bits per heavy atom. The molecule has 0 unspecified atom stereocenters. The van der Waals surface area contributed by atoms with E-state index in [2.05, 4.69) is 10.2 Å². The molecule has 0 bridgehead atoms. The van der Waals surface area contributed by atoms with Gasteiger partial charge in [-0.3, -0.25) is 0 Å². The summed E-state index contributed by atoms with van der Waals surface area (Å²) >= 11 is 5.95. The van der Waals surface area contributed by atoms with Crippen LogP contribution in [0.5, 0.6) is 5.75 Å². The number of ether oxygens (including phenoxy) is 1. The Labute approximate surface area is 102 Å². The lowest BCUT2D eigenvalue weighted by Gasteiger charge is -2.14. The zero-order chi connectivity index (χ0) is 12.0. The molecule has 0 aliphatic rings. The standard InChI is InChI=1S/C12H19ClN2O/c1-14-9-10-8-11(13)4-5-12(10)16-7-6-15(2)3/h4-5,8,14H,6-7,9H2,1-3H3. The molecule has 16 heavy (non-hydrogen) atoms. The minimum atomic E-state index is 0.686. The second-order valence-corrected chi connectivity index (χ2v) is 4.37. The molecule has 1 rings (SSSR count). The van der Waals surface area contributed by atoms with E-state index in [4.69, 9.17) is 16.3 Å². The molecule has 0 fully saturated rings. The summed E-state index contributed by atoms with van der Waals surface area (Å²) in [5.74, 6) is 0.903. The number of halogens is 1. The van der Waals surface area contributed by atoms with Gasteiger partial charge in [-0.1, -0.05) is 11.6 Å². The Bertz CT molecular complexity index is 329. The van der Waals surface area contributed by atoms with Gasteiger partial charge in [0, 0.05) is 23.7 Å². The van der Waals surface area contributed by atoms with E-state index < -0.39 is 0 Å². The Kier molecular flexibility index (Phi) is 5.60. The van der Waals surface area contributed by atoms with Crippen LogP contribution in [-0.2, 0) is 6.54 Å². The Morgan fingerprint density at radius 2 is 2.12 bits per heavy atom. The summed E-state index contributed by atoms with van der Waals surface area (Å²) in [7, 11) is 5.96. The van der Waals surface area contributed by atoms with Crippen molar-refractivity contribution in [2.45, 2.75) is 6.54 Å². The predicted octanol–water partition coefficient (Wildman–Crippen LogP) is 2.00. The highest BCUT2D eigenvalue weighted by Crippen LogP contribution is 2.22. The van der Waals surface area contributed by atoms with Crippen molar-refractivity contribution in [3.8, 4) is 5.75 Å². The van der Waals surface area contributed by atoms with E-state index in [0.29, 0.717) is 6.61 Å². The topological polar surface area (TPSA) is 24.5 Å². The number of benzene rings is 1. The normalized spacial score (nSPS) is 10.8. The molecule has 0 spiro atoms. The third-order valence-electron chi connectivity index (χ3n) is 2.19. The van der Waals surface area contributed by atoms with Gasteiger partial charge < -0.3 is 15.0 Å². The van der Waals surface area contributed by atoms with Crippen LogP contribution in [0.1, 0.15) is 5.56 Å². The molecular weight excluding hydrogens is 224 g/mol. The van der Waals surface area contributed by atoms with Crippen LogP contribution in [0.4, 0.5) is 0 Å². The minimum absolute atomic E-state index is 0.686. The van der Waals surface area contributed by atoms with Gasteiger partial charge in [0.05, 0.1) is 0 Å². The van der Waals surface area contributed by atoms with Gasteiger partial charge in [0.2, 0.25) is 0 Å². The van der Waals surface area contributed by atoms with Gasteiger partial charge in [-0.05, 0) is 39.3 Å². The Hall–Kier alpha value is -0.770. The number of rotatable bonds is 6.